The van der Waals surface area contributed by atoms with Crippen molar-refractivity contribution in [1.82, 2.24) is 0 Å². The Morgan fingerprint density at radius 2 is 2.00 bits per heavy atom. The van der Waals surface area contributed by atoms with Crippen molar-refractivity contribution in [3.8, 4) is 0 Å². The van der Waals surface area contributed by atoms with Gasteiger partial charge in [-0.15, -0.1) is 12.4 Å². The number of aliphatic hydroxyl groups excluding tert-OH is 1. The molecule has 1 aromatic carbocycles. The zero-order valence-corrected chi connectivity index (χ0v) is 11.7. The van der Waals surface area contributed by atoms with E-state index in [1.165, 1.54) is 0 Å². The van der Waals surface area contributed by atoms with Crippen molar-refractivity contribution in [3.05, 3.63) is 32.5 Å². The van der Waals surface area contributed by atoms with Crippen LogP contribution in [0.5, 0.6) is 0 Å². The lowest BCUT2D eigenvalue weighted by Crippen LogP contribution is -2.14. The fraction of sp³-hybridized carbons (Fsp3) is 0.333. The quantitative estimate of drug-likeness (QED) is 0.811. The summed E-state index contributed by atoms with van der Waals surface area (Å²) in [5, 5.41) is 8.70. The molecule has 0 spiro atoms. The lowest BCUT2D eigenvalue weighted by Gasteiger charge is -2.12. The van der Waals surface area contributed by atoms with Gasteiger partial charge in [-0.2, -0.15) is 0 Å². The van der Waals surface area contributed by atoms with Crippen LogP contribution in [0.1, 0.15) is 18.0 Å². The van der Waals surface area contributed by atoms with E-state index in [1.54, 1.807) is 12.1 Å². The van der Waals surface area contributed by atoms with Crippen molar-refractivity contribution in [2.24, 2.45) is 5.73 Å². The van der Waals surface area contributed by atoms with Gasteiger partial charge in [0.15, 0.2) is 0 Å². The zero-order valence-electron chi connectivity index (χ0n) is 7.71. The van der Waals surface area contributed by atoms with E-state index in [2.05, 4.69) is 31.9 Å². The summed E-state index contributed by atoms with van der Waals surface area (Å²) >= 11 is 6.35. The SMILES string of the molecule is Cl.NC(CCO)c1cc(Br)cc(Br)c1F. The Morgan fingerprint density at radius 1 is 1.40 bits per heavy atom. The Bertz CT molecular complexity index is 338. The van der Waals surface area contributed by atoms with Crippen LogP contribution in [-0.2, 0) is 0 Å². The molecule has 0 aliphatic carbocycles. The van der Waals surface area contributed by atoms with Crippen LogP contribution in [0.4, 0.5) is 4.39 Å². The second-order valence-electron chi connectivity index (χ2n) is 2.91. The third-order valence-electron chi connectivity index (χ3n) is 1.86. The average Bonchev–Trinajstić information content (AvgIpc) is 2.11. The molecule has 3 N–H and O–H groups in total. The van der Waals surface area contributed by atoms with Crippen LogP contribution >= 0.6 is 44.3 Å². The molecule has 15 heavy (non-hydrogen) atoms. The van der Waals surface area contributed by atoms with Crippen molar-refractivity contribution < 1.29 is 9.50 Å². The summed E-state index contributed by atoms with van der Waals surface area (Å²) in [5.41, 5.74) is 6.11. The molecule has 0 radical (unpaired) electrons. The van der Waals surface area contributed by atoms with Crippen molar-refractivity contribution in [2.75, 3.05) is 6.61 Å². The van der Waals surface area contributed by atoms with Gasteiger partial charge in [0.1, 0.15) is 5.82 Å². The average molecular weight is 363 g/mol. The Kier molecular flexibility index (Phi) is 6.95. The van der Waals surface area contributed by atoms with Gasteiger partial charge in [0.05, 0.1) is 4.47 Å². The molecule has 1 rings (SSSR count). The Labute approximate surface area is 111 Å². The minimum atomic E-state index is -0.478. The number of aliphatic hydroxyl groups is 1. The highest BCUT2D eigenvalue weighted by Crippen LogP contribution is 2.28. The van der Waals surface area contributed by atoms with Crippen LogP contribution in [-0.4, -0.2) is 11.7 Å². The molecule has 0 aliphatic heterocycles. The topological polar surface area (TPSA) is 46.2 Å². The van der Waals surface area contributed by atoms with Gasteiger partial charge < -0.3 is 10.8 Å². The Balaban J connectivity index is 0.00000196. The first-order valence-electron chi connectivity index (χ1n) is 4.07. The van der Waals surface area contributed by atoms with Gasteiger partial charge in [0.2, 0.25) is 0 Å². The van der Waals surface area contributed by atoms with Crippen LogP contribution in [0.2, 0.25) is 0 Å². The van der Waals surface area contributed by atoms with Crippen LogP contribution in [0.15, 0.2) is 21.1 Å². The molecule has 0 aromatic heterocycles. The summed E-state index contributed by atoms with van der Waals surface area (Å²) < 4.78 is 14.7. The maximum absolute atomic E-state index is 13.5. The maximum Gasteiger partial charge on any atom is 0.142 e. The lowest BCUT2D eigenvalue weighted by molar-refractivity contribution is 0.275. The smallest absolute Gasteiger partial charge is 0.142 e. The lowest BCUT2D eigenvalue weighted by atomic mass is 10.0. The second-order valence-corrected chi connectivity index (χ2v) is 4.68. The van der Waals surface area contributed by atoms with E-state index in [-0.39, 0.29) is 24.8 Å². The van der Waals surface area contributed by atoms with E-state index >= 15 is 0 Å². The van der Waals surface area contributed by atoms with Crippen LogP contribution in [0.3, 0.4) is 0 Å². The fourth-order valence-electron chi connectivity index (χ4n) is 1.14. The third-order valence-corrected chi connectivity index (χ3v) is 2.90. The molecule has 0 saturated heterocycles. The molecule has 6 heteroatoms. The molecule has 0 fully saturated rings. The fourth-order valence-corrected chi connectivity index (χ4v) is 2.40. The maximum atomic E-state index is 13.5. The molecule has 1 aromatic rings. The summed E-state index contributed by atoms with van der Waals surface area (Å²) in [5.74, 6) is -0.367. The molecule has 0 bridgehead atoms. The first kappa shape index (κ1) is 15.3. The standard InChI is InChI=1S/C9H10Br2FNO.ClH/c10-5-3-6(8(13)1-2-14)9(12)7(11)4-5;/h3-4,8,14H,1-2,13H2;1H. The minimum Gasteiger partial charge on any atom is -0.396 e. The number of rotatable bonds is 3. The van der Waals surface area contributed by atoms with Gasteiger partial charge in [-0.3, -0.25) is 0 Å². The molecule has 2 nitrogen and oxygen atoms in total. The predicted octanol–water partition coefficient (Wildman–Crippen LogP) is 3.15. The number of benzene rings is 1. The van der Waals surface area contributed by atoms with Gasteiger partial charge in [-0.1, -0.05) is 15.9 Å². The molecular formula is C9H11Br2ClFNO. The van der Waals surface area contributed by atoms with Gasteiger partial charge in [0, 0.05) is 22.7 Å². The summed E-state index contributed by atoms with van der Waals surface area (Å²) in [6, 6.07) is 2.76. The zero-order chi connectivity index (χ0) is 10.7. The van der Waals surface area contributed by atoms with Crippen molar-refractivity contribution in [3.63, 3.8) is 0 Å². The number of nitrogens with two attached hydrogens (primary N) is 1. The molecule has 0 amide bonds. The Hall–Kier alpha value is 0.320. The number of hydrogen-bond donors (Lipinski definition) is 2. The largest absolute Gasteiger partial charge is 0.396 e. The Morgan fingerprint density at radius 3 is 2.53 bits per heavy atom. The van der Waals surface area contributed by atoms with Gasteiger partial charge >= 0.3 is 0 Å². The highest BCUT2D eigenvalue weighted by molar-refractivity contribution is 9.11. The summed E-state index contributed by atoms with van der Waals surface area (Å²) in [6.45, 7) is -0.0509. The van der Waals surface area contributed by atoms with E-state index in [4.69, 9.17) is 10.8 Å². The molecule has 0 aliphatic rings. The third kappa shape index (κ3) is 4.00. The summed E-state index contributed by atoms with van der Waals surface area (Å²) in [4.78, 5) is 0. The van der Waals surface area contributed by atoms with E-state index in [0.717, 1.165) is 4.47 Å². The summed E-state index contributed by atoms with van der Waals surface area (Å²) in [7, 11) is 0. The van der Waals surface area contributed by atoms with Crippen molar-refractivity contribution >= 4 is 44.3 Å². The normalized spacial score (nSPS) is 12.1. The van der Waals surface area contributed by atoms with Crippen LogP contribution in [0, 0.1) is 5.82 Å². The van der Waals surface area contributed by atoms with Crippen molar-refractivity contribution in [2.45, 2.75) is 12.5 Å². The molecule has 0 saturated carbocycles. The van der Waals surface area contributed by atoms with E-state index in [9.17, 15) is 4.39 Å². The highest BCUT2D eigenvalue weighted by Gasteiger charge is 2.14. The minimum absolute atomic E-state index is 0. The molecular weight excluding hydrogens is 352 g/mol. The van der Waals surface area contributed by atoms with E-state index < -0.39 is 6.04 Å². The number of hydrogen-bond acceptors (Lipinski definition) is 2. The predicted molar refractivity (Wildman–Crippen MR) is 67.7 cm³/mol. The first-order valence-corrected chi connectivity index (χ1v) is 5.65. The highest BCUT2D eigenvalue weighted by atomic mass is 79.9. The second kappa shape index (κ2) is 6.81. The molecule has 86 valence electrons. The van der Waals surface area contributed by atoms with Crippen LogP contribution in [0.25, 0.3) is 0 Å². The van der Waals surface area contributed by atoms with E-state index in [1.807, 2.05) is 0 Å². The first-order chi connectivity index (χ1) is 6.56. The van der Waals surface area contributed by atoms with E-state index in [0.29, 0.717) is 16.5 Å². The van der Waals surface area contributed by atoms with Gasteiger partial charge in [-0.25, -0.2) is 4.39 Å². The molecule has 0 heterocycles. The number of halogens is 4. The van der Waals surface area contributed by atoms with Gasteiger partial charge in [0.25, 0.3) is 0 Å². The summed E-state index contributed by atoms with van der Waals surface area (Å²) in [6.07, 6.45) is 0.347. The van der Waals surface area contributed by atoms with Crippen LogP contribution < -0.4 is 5.73 Å². The van der Waals surface area contributed by atoms with Gasteiger partial charge in [-0.05, 0) is 34.5 Å². The molecule has 1 atom stereocenters. The van der Waals surface area contributed by atoms with Crippen molar-refractivity contribution in [1.29, 1.82) is 0 Å². The molecule has 1 unspecified atom stereocenters. The monoisotopic (exact) mass is 361 g/mol.